The molecule has 3 nitrogen and oxygen atoms in total. The first-order valence-corrected chi connectivity index (χ1v) is 5.53. The van der Waals surface area contributed by atoms with Gasteiger partial charge in [-0.2, -0.15) is 0 Å². The van der Waals surface area contributed by atoms with Crippen LogP contribution in [0.25, 0.3) is 0 Å². The van der Waals surface area contributed by atoms with Crippen molar-refractivity contribution >= 4 is 5.97 Å². The SMILES string of the molecule is Cc1ccc(C(N)C2(C(=O)O)CC2)cc1C. The van der Waals surface area contributed by atoms with Gasteiger partial charge in [-0.15, -0.1) is 0 Å². The Bertz CT molecular complexity index is 436. The second-order valence-corrected chi connectivity index (χ2v) is 4.78. The molecule has 2 rings (SSSR count). The van der Waals surface area contributed by atoms with Crippen LogP contribution in [0.15, 0.2) is 18.2 Å². The Hall–Kier alpha value is -1.35. The molecule has 16 heavy (non-hydrogen) atoms. The lowest BCUT2D eigenvalue weighted by molar-refractivity contribution is -0.144. The van der Waals surface area contributed by atoms with E-state index in [1.807, 2.05) is 32.0 Å². The third-order valence-electron chi connectivity index (χ3n) is 3.70. The van der Waals surface area contributed by atoms with E-state index in [-0.39, 0.29) is 6.04 Å². The van der Waals surface area contributed by atoms with Crippen molar-refractivity contribution in [3.05, 3.63) is 34.9 Å². The molecule has 0 amide bonds. The summed E-state index contributed by atoms with van der Waals surface area (Å²) in [6.45, 7) is 4.06. The number of hydrogen-bond donors (Lipinski definition) is 2. The Morgan fingerprint density at radius 2 is 2.00 bits per heavy atom. The minimum absolute atomic E-state index is 0.385. The second-order valence-electron chi connectivity index (χ2n) is 4.78. The normalized spacial score (nSPS) is 19.2. The van der Waals surface area contributed by atoms with Gasteiger partial charge in [0.05, 0.1) is 5.41 Å². The Kier molecular flexibility index (Phi) is 2.50. The standard InChI is InChI=1S/C13H17NO2/c1-8-3-4-10(7-9(8)2)11(14)13(5-6-13)12(15)16/h3-4,7,11H,5-6,14H2,1-2H3,(H,15,16). The fourth-order valence-corrected chi connectivity index (χ4v) is 2.07. The third kappa shape index (κ3) is 1.61. The number of carbonyl (C=O) groups is 1. The fraction of sp³-hybridized carbons (Fsp3) is 0.462. The van der Waals surface area contributed by atoms with E-state index in [2.05, 4.69) is 0 Å². The van der Waals surface area contributed by atoms with Gasteiger partial charge < -0.3 is 10.8 Å². The zero-order valence-corrected chi connectivity index (χ0v) is 9.66. The van der Waals surface area contributed by atoms with Crippen molar-refractivity contribution in [3.8, 4) is 0 Å². The van der Waals surface area contributed by atoms with Gasteiger partial charge in [0, 0.05) is 6.04 Å². The molecule has 1 atom stereocenters. The third-order valence-corrected chi connectivity index (χ3v) is 3.70. The van der Waals surface area contributed by atoms with Crippen molar-refractivity contribution < 1.29 is 9.90 Å². The number of nitrogens with two attached hydrogens (primary N) is 1. The minimum Gasteiger partial charge on any atom is -0.481 e. The van der Waals surface area contributed by atoms with E-state index in [0.717, 1.165) is 11.1 Å². The molecule has 0 spiro atoms. The average molecular weight is 219 g/mol. The molecule has 1 aliphatic rings. The molecule has 0 bridgehead atoms. The maximum atomic E-state index is 11.2. The van der Waals surface area contributed by atoms with Gasteiger partial charge in [0.2, 0.25) is 0 Å². The highest BCUT2D eigenvalue weighted by Gasteiger charge is 2.55. The van der Waals surface area contributed by atoms with E-state index in [0.29, 0.717) is 12.8 Å². The Balaban J connectivity index is 2.31. The molecular formula is C13H17NO2. The van der Waals surface area contributed by atoms with Gasteiger partial charge in [0.15, 0.2) is 0 Å². The van der Waals surface area contributed by atoms with Gasteiger partial charge in [-0.05, 0) is 43.4 Å². The Morgan fingerprint density at radius 1 is 1.38 bits per heavy atom. The molecule has 0 aliphatic heterocycles. The summed E-state index contributed by atoms with van der Waals surface area (Å²) in [5, 5.41) is 9.18. The molecule has 1 aromatic carbocycles. The van der Waals surface area contributed by atoms with Crippen molar-refractivity contribution in [1.29, 1.82) is 0 Å². The van der Waals surface area contributed by atoms with Crippen molar-refractivity contribution in [2.45, 2.75) is 32.7 Å². The Labute approximate surface area is 95.3 Å². The lowest BCUT2D eigenvalue weighted by atomic mass is 9.89. The van der Waals surface area contributed by atoms with Crippen LogP contribution >= 0.6 is 0 Å². The maximum absolute atomic E-state index is 11.2. The molecule has 0 saturated heterocycles. The maximum Gasteiger partial charge on any atom is 0.311 e. The topological polar surface area (TPSA) is 63.3 Å². The summed E-state index contributed by atoms with van der Waals surface area (Å²) in [7, 11) is 0. The molecule has 0 radical (unpaired) electrons. The number of rotatable bonds is 3. The van der Waals surface area contributed by atoms with E-state index in [4.69, 9.17) is 5.73 Å². The monoisotopic (exact) mass is 219 g/mol. The van der Waals surface area contributed by atoms with Crippen LogP contribution in [0.4, 0.5) is 0 Å². The van der Waals surface area contributed by atoms with Crippen molar-refractivity contribution in [2.24, 2.45) is 11.1 Å². The predicted octanol–water partition coefficient (Wildman–Crippen LogP) is 2.17. The van der Waals surface area contributed by atoms with Gasteiger partial charge in [-0.3, -0.25) is 4.79 Å². The van der Waals surface area contributed by atoms with Crippen LogP contribution in [-0.4, -0.2) is 11.1 Å². The molecule has 1 fully saturated rings. The summed E-state index contributed by atoms with van der Waals surface area (Å²) in [5.74, 6) is -0.766. The van der Waals surface area contributed by atoms with Crippen molar-refractivity contribution in [3.63, 3.8) is 0 Å². The lowest BCUT2D eigenvalue weighted by Gasteiger charge is -2.20. The molecule has 1 saturated carbocycles. The number of aryl methyl sites for hydroxylation is 2. The van der Waals surface area contributed by atoms with Crippen LogP contribution in [0.1, 0.15) is 35.6 Å². The summed E-state index contributed by atoms with van der Waals surface area (Å²) in [4.78, 5) is 11.2. The molecule has 1 unspecified atom stereocenters. The summed E-state index contributed by atoms with van der Waals surface area (Å²) in [6, 6.07) is 5.56. The van der Waals surface area contributed by atoms with Crippen LogP contribution in [0.3, 0.4) is 0 Å². The van der Waals surface area contributed by atoms with Gasteiger partial charge in [-0.1, -0.05) is 18.2 Å². The first kappa shape index (κ1) is 11.1. The number of carboxylic acids is 1. The zero-order chi connectivity index (χ0) is 11.9. The zero-order valence-electron chi connectivity index (χ0n) is 9.66. The van der Waals surface area contributed by atoms with E-state index < -0.39 is 11.4 Å². The molecule has 1 aromatic rings. The van der Waals surface area contributed by atoms with Crippen molar-refractivity contribution in [1.82, 2.24) is 0 Å². The lowest BCUT2D eigenvalue weighted by Crippen LogP contribution is -2.29. The van der Waals surface area contributed by atoms with Gasteiger partial charge in [0.1, 0.15) is 0 Å². The smallest absolute Gasteiger partial charge is 0.311 e. The van der Waals surface area contributed by atoms with Crippen LogP contribution < -0.4 is 5.73 Å². The number of benzene rings is 1. The van der Waals surface area contributed by atoms with Crippen molar-refractivity contribution in [2.75, 3.05) is 0 Å². The van der Waals surface area contributed by atoms with E-state index >= 15 is 0 Å². The van der Waals surface area contributed by atoms with E-state index in [1.165, 1.54) is 5.56 Å². The van der Waals surface area contributed by atoms with Gasteiger partial charge in [0.25, 0.3) is 0 Å². The van der Waals surface area contributed by atoms with Gasteiger partial charge in [-0.25, -0.2) is 0 Å². The summed E-state index contributed by atoms with van der Waals surface area (Å²) < 4.78 is 0. The highest BCUT2D eigenvalue weighted by molar-refractivity contribution is 5.79. The Morgan fingerprint density at radius 3 is 2.44 bits per heavy atom. The highest BCUT2D eigenvalue weighted by Crippen LogP contribution is 2.54. The summed E-state index contributed by atoms with van der Waals surface area (Å²) in [6.07, 6.45) is 1.38. The minimum atomic E-state index is -0.766. The number of carboxylic acid groups (broad SMARTS) is 1. The highest BCUT2D eigenvalue weighted by atomic mass is 16.4. The van der Waals surface area contributed by atoms with E-state index in [9.17, 15) is 9.90 Å². The first-order chi connectivity index (χ1) is 7.47. The molecule has 0 aromatic heterocycles. The van der Waals surface area contributed by atoms with Gasteiger partial charge >= 0.3 is 5.97 Å². The van der Waals surface area contributed by atoms with Crippen LogP contribution in [0.2, 0.25) is 0 Å². The first-order valence-electron chi connectivity index (χ1n) is 5.53. The summed E-state index contributed by atoms with van der Waals surface area (Å²) in [5.41, 5.74) is 8.67. The predicted molar refractivity (Wildman–Crippen MR) is 62.1 cm³/mol. The molecule has 3 N–H and O–H groups in total. The molecule has 1 aliphatic carbocycles. The molecular weight excluding hydrogens is 202 g/mol. The quantitative estimate of drug-likeness (QED) is 0.818. The van der Waals surface area contributed by atoms with Crippen LogP contribution in [-0.2, 0) is 4.79 Å². The molecule has 0 heterocycles. The summed E-state index contributed by atoms with van der Waals surface area (Å²) >= 11 is 0. The molecule has 3 heteroatoms. The number of hydrogen-bond acceptors (Lipinski definition) is 2. The van der Waals surface area contributed by atoms with E-state index in [1.54, 1.807) is 0 Å². The average Bonchev–Trinajstić information content (AvgIpc) is 3.02. The van der Waals surface area contributed by atoms with Crippen LogP contribution in [0.5, 0.6) is 0 Å². The molecule has 86 valence electrons. The fourth-order valence-electron chi connectivity index (χ4n) is 2.07. The van der Waals surface area contributed by atoms with Crippen LogP contribution in [0, 0.1) is 19.3 Å². The largest absolute Gasteiger partial charge is 0.481 e. The number of aliphatic carboxylic acids is 1. The second kappa shape index (κ2) is 3.59.